The molecule has 0 aliphatic heterocycles. The van der Waals surface area contributed by atoms with Gasteiger partial charge in [-0.05, 0) is 42.7 Å². The van der Waals surface area contributed by atoms with E-state index in [1.807, 2.05) is 36.4 Å². The van der Waals surface area contributed by atoms with Gasteiger partial charge in [0, 0.05) is 24.0 Å². The van der Waals surface area contributed by atoms with Crippen LogP contribution in [0.4, 0.5) is 11.5 Å². The van der Waals surface area contributed by atoms with Gasteiger partial charge in [-0.2, -0.15) is 0 Å². The molecular weight excluding hydrogens is 324 g/mol. The summed E-state index contributed by atoms with van der Waals surface area (Å²) >= 11 is 0. The third kappa shape index (κ3) is 4.79. The topological polar surface area (TPSA) is 66.9 Å². The largest absolute Gasteiger partial charge is 0.369 e. The van der Waals surface area contributed by atoms with Crippen LogP contribution in [0.2, 0.25) is 0 Å². The number of benzene rings is 2. The zero-order chi connectivity index (χ0) is 18.2. The second-order valence-electron chi connectivity index (χ2n) is 6.26. The van der Waals surface area contributed by atoms with E-state index in [1.54, 1.807) is 0 Å². The molecule has 1 amide bonds. The Labute approximate surface area is 153 Å². The fraction of sp³-hybridized carbons (Fsp3) is 0.286. The summed E-state index contributed by atoms with van der Waals surface area (Å²) in [5.74, 6) is 0.737. The van der Waals surface area contributed by atoms with Gasteiger partial charge in [0.2, 0.25) is 5.91 Å². The van der Waals surface area contributed by atoms with Gasteiger partial charge in [0.25, 0.3) is 0 Å². The molecule has 5 nitrogen and oxygen atoms in total. The summed E-state index contributed by atoms with van der Waals surface area (Å²) in [6, 6.07) is 15.9. The lowest BCUT2D eigenvalue weighted by molar-refractivity contribution is -0.115. The molecule has 0 unspecified atom stereocenters. The number of hydrogen-bond acceptors (Lipinski definition) is 4. The van der Waals surface area contributed by atoms with Crippen LogP contribution in [0.1, 0.15) is 31.7 Å². The summed E-state index contributed by atoms with van der Waals surface area (Å²) in [6.07, 6.45) is 5.37. The molecule has 0 atom stereocenters. The van der Waals surface area contributed by atoms with Crippen molar-refractivity contribution in [2.75, 3.05) is 17.2 Å². The van der Waals surface area contributed by atoms with Gasteiger partial charge >= 0.3 is 0 Å². The van der Waals surface area contributed by atoms with E-state index in [1.165, 1.54) is 24.7 Å². The Kier molecular flexibility index (Phi) is 6.14. The average molecular weight is 348 g/mol. The number of nitrogens with zero attached hydrogens (tertiary/aromatic N) is 2. The van der Waals surface area contributed by atoms with Gasteiger partial charge in [-0.1, -0.05) is 37.6 Å². The Morgan fingerprint density at radius 1 is 1.04 bits per heavy atom. The van der Waals surface area contributed by atoms with Crippen molar-refractivity contribution in [1.29, 1.82) is 0 Å². The predicted octanol–water partition coefficient (Wildman–Crippen LogP) is 4.41. The van der Waals surface area contributed by atoms with E-state index in [2.05, 4.69) is 39.7 Å². The summed E-state index contributed by atoms with van der Waals surface area (Å²) in [7, 11) is 0. The molecule has 0 bridgehead atoms. The first-order chi connectivity index (χ1) is 12.8. The molecule has 0 aliphatic carbocycles. The molecule has 0 saturated heterocycles. The van der Waals surface area contributed by atoms with Crippen LogP contribution in [0.5, 0.6) is 0 Å². The van der Waals surface area contributed by atoms with Crippen LogP contribution < -0.4 is 10.6 Å². The van der Waals surface area contributed by atoms with E-state index in [-0.39, 0.29) is 5.91 Å². The molecule has 5 heteroatoms. The summed E-state index contributed by atoms with van der Waals surface area (Å²) in [5.41, 5.74) is 3.03. The van der Waals surface area contributed by atoms with Crippen molar-refractivity contribution < 1.29 is 4.79 Å². The van der Waals surface area contributed by atoms with E-state index >= 15 is 0 Å². The van der Waals surface area contributed by atoms with E-state index in [9.17, 15) is 4.79 Å². The monoisotopic (exact) mass is 348 g/mol. The van der Waals surface area contributed by atoms with E-state index in [4.69, 9.17) is 0 Å². The van der Waals surface area contributed by atoms with Crippen molar-refractivity contribution in [3.63, 3.8) is 0 Å². The molecule has 0 radical (unpaired) electrons. The van der Waals surface area contributed by atoms with Crippen molar-refractivity contribution >= 4 is 28.3 Å². The van der Waals surface area contributed by atoms with Crippen molar-refractivity contribution in [3.8, 4) is 0 Å². The van der Waals surface area contributed by atoms with Crippen LogP contribution in [0.15, 0.2) is 54.9 Å². The Morgan fingerprint density at radius 3 is 2.65 bits per heavy atom. The van der Waals surface area contributed by atoms with Crippen LogP contribution in [-0.4, -0.2) is 22.4 Å². The van der Waals surface area contributed by atoms with E-state index in [0.29, 0.717) is 13.0 Å². The molecular formula is C21H24N4O. The maximum atomic E-state index is 12.1. The number of hydrogen-bond donors (Lipinski definition) is 2. The predicted molar refractivity (Wildman–Crippen MR) is 106 cm³/mol. The number of nitrogens with one attached hydrogen (secondary N) is 2. The first-order valence-corrected chi connectivity index (χ1v) is 9.08. The first kappa shape index (κ1) is 17.9. The third-order valence-electron chi connectivity index (χ3n) is 4.24. The fourth-order valence-corrected chi connectivity index (χ4v) is 2.80. The fourth-order valence-electron chi connectivity index (χ4n) is 2.80. The Balaban J connectivity index is 1.49. The van der Waals surface area contributed by atoms with Crippen LogP contribution >= 0.6 is 0 Å². The number of aryl methyl sites for hydroxylation is 1. The third-order valence-corrected chi connectivity index (χ3v) is 4.24. The summed E-state index contributed by atoms with van der Waals surface area (Å²) in [5, 5.41) is 7.12. The molecule has 0 fully saturated rings. The Hall–Kier alpha value is -2.95. The first-order valence-electron chi connectivity index (χ1n) is 9.08. The second kappa shape index (κ2) is 8.94. The maximum Gasteiger partial charge on any atom is 0.226 e. The number of anilines is 2. The van der Waals surface area contributed by atoms with Crippen LogP contribution in [-0.2, 0) is 11.2 Å². The lowest BCUT2D eigenvalue weighted by Gasteiger charge is -2.09. The number of amides is 1. The van der Waals surface area contributed by atoms with Gasteiger partial charge in [-0.15, -0.1) is 0 Å². The number of rotatable bonds is 8. The number of para-hydroxylation sites is 1. The maximum absolute atomic E-state index is 12.1. The number of carbonyl (C=O) groups excluding carboxylic acids is 1. The minimum atomic E-state index is -0.0165. The zero-order valence-corrected chi connectivity index (χ0v) is 15.0. The number of fused-ring (bicyclic) bond motifs is 1. The van der Waals surface area contributed by atoms with Crippen molar-refractivity contribution in [3.05, 3.63) is 60.4 Å². The smallest absolute Gasteiger partial charge is 0.226 e. The zero-order valence-electron chi connectivity index (χ0n) is 15.0. The van der Waals surface area contributed by atoms with Crippen molar-refractivity contribution in [1.82, 2.24) is 9.97 Å². The van der Waals surface area contributed by atoms with Gasteiger partial charge < -0.3 is 10.6 Å². The van der Waals surface area contributed by atoms with E-state index in [0.717, 1.165) is 28.8 Å². The summed E-state index contributed by atoms with van der Waals surface area (Å²) < 4.78 is 0. The molecule has 2 aromatic carbocycles. The number of aromatic nitrogens is 2. The highest BCUT2D eigenvalue weighted by Gasteiger charge is 2.05. The van der Waals surface area contributed by atoms with Gasteiger partial charge in [0.05, 0.1) is 5.52 Å². The number of carbonyl (C=O) groups is 1. The molecule has 0 saturated carbocycles. The average Bonchev–Trinajstić information content (AvgIpc) is 2.67. The SMILES string of the molecule is CCCCc1ccc(NC(=O)CCNc2ncnc3ccccc23)cc1. The molecule has 0 spiro atoms. The van der Waals surface area contributed by atoms with Crippen LogP contribution in [0, 0.1) is 0 Å². The molecule has 134 valence electrons. The van der Waals surface area contributed by atoms with Crippen molar-refractivity contribution in [2.45, 2.75) is 32.6 Å². The van der Waals surface area contributed by atoms with Crippen LogP contribution in [0.3, 0.4) is 0 Å². The summed E-state index contributed by atoms with van der Waals surface area (Å²) in [4.78, 5) is 20.6. The molecule has 1 aromatic heterocycles. The lowest BCUT2D eigenvalue weighted by Crippen LogP contribution is -2.16. The Morgan fingerprint density at radius 2 is 1.85 bits per heavy atom. The lowest BCUT2D eigenvalue weighted by atomic mass is 10.1. The highest BCUT2D eigenvalue weighted by atomic mass is 16.1. The molecule has 26 heavy (non-hydrogen) atoms. The van der Waals surface area contributed by atoms with Gasteiger partial charge in [-0.3, -0.25) is 4.79 Å². The van der Waals surface area contributed by atoms with Crippen LogP contribution in [0.25, 0.3) is 10.9 Å². The number of unbranched alkanes of at least 4 members (excludes halogenated alkanes) is 1. The molecule has 3 aromatic rings. The molecule has 1 heterocycles. The quantitative estimate of drug-likeness (QED) is 0.633. The second-order valence-corrected chi connectivity index (χ2v) is 6.26. The summed E-state index contributed by atoms with van der Waals surface area (Å²) in [6.45, 7) is 2.70. The van der Waals surface area contributed by atoms with Gasteiger partial charge in [-0.25, -0.2) is 9.97 Å². The normalized spacial score (nSPS) is 10.7. The van der Waals surface area contributed by atoms with Gasteiger partial charge in [0.15, 0.2) is 0 Å². The highest BCUT2D eigenvalue weighted by Crippen LogP contribution is 2.18. The van der Waals surface area contributed by atoms with Crippen molar-refractivity contribution in [2.24, 2.45) is 0 Å². The highest BCUT2D eigenvalue weighted by molar-refractivity contribution is 5.92. The van der Waals surface area contributed by atoms with Gasteiger partial charge in [0.1, 0.15) is 12.1 Å². The molecule has 0 aliphatic rings. The minimum Gasteiger partial charge on any atom is -0.369 e. The molecule has 2 N–H and O–H groups in total. The standard InChI is InChI=1S/C21H24N4O/c1-2-3-6-16-9-11-17(12-10-16)25-20(26)13-14-22-21-18-7-4-5-8-19(18)23-15-24-21/h4-5,7-12,15H,2-3,6,13-14H2,1H3,(H,25,26)(H,22,23,24). The Bertz CT molecular complexity index is 856. The van der Waals surface area contributed by atoms with E-state index < -0.39 is 0 Å². The minimum absolute atomic E-state index is 0.0165. The molecule has 3 rings (SSSR count).